The van der Waals surface area contributed by atoms with Crippen molar-refractivity contribution in [2.75, 3.05) is 12.5 Å². The average molecular weight is 266 g/mol. The second kappa shape index (κ2) is 5.72. The van der Waals surface area contributed by atoms with Crippen LogP contribution in [0.1, 0.15) is 5.69 Å². The van der Waals surface area contributed by atoms with Crippen LogP contribution in [-0.4, -0.2) is 22.1 Å². The smallest absolute Gasteiger partial charge is 0.180 e. The van der Waals surface area contributed by atoms with Gasteiger partial charge in [0.15, 0.2) is 5.82 Å². The number of rotatable bonds is 4. The van der Waals surface area contributed by atoms with E-state index in [1.54, 1.807) is 31.5 Å². The zero-order valence-electron chi connectivity index (χ0n) is 9.72. The molecule has 3 N–H and O–H groups in total. The normalized spacial score (nSPS) is 10.4. The lowest BCUT2D eigenvalue weighted by Crippen LogP contribution is -2.11. The highest BCUT2D eigenvalue weighted by atomic mass is 35.5. The minimum atomic E-state index is 0.373. The Morgan fingerprint density at radius 2 is 2.22 bits per heavy atom. The van der Waals surface area contributed by atoms with E-state index in [0.29, 0.717) is 34.7 Å². The molecule has 0 saturated carbocycles. The molecule has 7 heteroatoms. The number of hydrazine groups is 1. The number of aromatic nitrogens is 3. The molecule has 2 aromatic rings. The number of hydrogen-bond acceptors (Lipinski definition) is 6. The number of nitrogens with two attached hydrogens (primary N) is 1. The monoisotopic (exact) mass is 265 g/mol. The van der Waals surface area contributed by atoms with Gasteiger partial charge in [0, 0.05) is 19.4 Å². The zero-order valence-corrected chi connectivity index (χ0v) is 10.5. The topological polar surface area (TPSA) is 86.0 Å². The van der Waals surface area contributed by atoms with Crippen molar-refractivity contribution in [3.8, 4) is 11.5 Å². The number of pyridine rings is 1. The van der Waals surface area contributed by atoms with Crippen LogP contribution >= 0.6 is 11.6 Å². The third-order valence-corrected chi connectivity index (χ3v) is 2.40. The molecular weight excluding hydrogens is 254 g/mol. The van der Waals surface area contributed by atoms with Gasteiger partial charge in [0.25, 0.3) is 0 Å². The summed E-state index contributed by atoms with van der Waals surface area (Å²) < 4.78 is 5.04. The number of hydrogen-bond donors (Lipinski definition) is 2. The Balaban J connectivity index is 2.42. The quantitative estimate of drug-likeness (QED) is 0.645. The molecule has 18 heavy (non-hydrogen) atoms. The van der Waals surface area contributed by atoms with Gasteiger partial charge < -0.3 is 10.2 Å². The highest BCUT2D eigenvalue weighted by Gasteiger charge is 2.07. The molecule has 0 amide bonds. The van der Waals surface area contributed by atoms with E-state index in [1.807, 2.05) is 0 Å². The first kappa shape index (κ1) is 12.7. The Morgan fingerprint density at radius 1 is 1.39 bits per heavy atom. The third kappa shape index (κ3) is 2.92. The fourth-order valence-electron chi connectivity index (χ4n) is 1.42. The van der Waals surface area contributed by atoms with Gasteiger partial charge in [-0.1, -0.05) is 11.6 Å². The number of ether oxygens (including phenoxy) is 1. The van der Waals surface area contributed by atoms with E-state index >= 15 is 0 Å². The zero-order chi connectivity index (χ0) is 13.0. The summed E-state index contributed by atoms with van der Waals surface area (Å²) in [5.41, 5.74) is 3.82. The number of halogens is 1. The first-order chi connectivity index (χ1) is 8.72. The van der Waals surface area contributed by atoms with Crippen molar-refractivity contribution in [3.63, 3.8) is 0 Å². The molecule has 0 spiro atoms. The summed E-state index contributed by atoms with van der Waals surface area (Å²) in [7, 11) is 1.60. The van der Waals surface area contributed by atoms with Crippen LogP contribution in [0, 0.1) is 0 Å². The summed E-state index contributed by atoms with van der Waals surface area (Å²) in [5.74, 6) is 6.33. The van der Waals surface area contributed by atoms with E-state index in [1.165, 1.54) is 0 Å². The average Bonchev–Trinajstić information content (AvgIpc) is 2.39. The molecule has 0 aliphatic rings. The molecular formula is C11H12ClN5O. The van der Waals surface area contributed by atoms with Crippen molar-refractivity contribution in [1.29, 1.82) is 0 Å². The molecule has 0 fully saturated rings. The highest BCUT2D eigenvalue weighted by molar-refractivity contribution is 6.30. The van der Waals surface area contributed by atoms with Gasteiger partial charge in [-0.3, -0.25) is 4.98 Å². The summed E-state index contributed by atoms with van der Waals surface area (Å²) in [6.45, 7) is 0.373. The van der Waals surface area contributed by atoms with Crippen LogP contribution in [0.2, 0.25) is 5.02 Å². The Morgan fingerprint density at radius 3 is 2.83 bits per heavy atom. The molecule has 2 heterocycles. The second-order valence-electron chi connectivity index (χ2n) is 3.51. The van der Waals surface area contributed by atoms with Gasteiger partial charge in [-0.25, -0.2) is 15.8 Å². The molecule has 6 nitrogen and oxygen atoms in total. The maximum Gasteiger partial charge on any atom is 0.180 e. The summed E-state index contributed by atoms with van der Waals surface area (Å²) >= 11 is 5.78. The maximum absolute atomic E-state index is 5.78. The van der Waals surface area contributed by atoms with Crippen molar-refractivity contribution in [3.05, 3.63) is 35.1 Å². The molecule has 0 bridgehead atoms. The van der Waals surface area contributed by atoms with Gasteiger partial charge in [-0.2, -0.15) is 0 Å². The van der Waals surface area contributed by atoms with E-state index < -0.39 is 0 Å². The number of nitrogens with one attached hydrogen (secondary N) is 1. The van der Waals surface area contributed by atoms with Gasteiger partial charge in [0.2, 0.25) is 0 Å². The molecule has 0 atom stereocenters. The molecule has 0 unspecified atom stereocenters. The van der Waals surface area contributed by atoms with Gasteiger partial charge in [-0.05, 0) is 12.1 Å². The lowest BCUT2D eigenvalue weighted by Gasteiger charge is -2.06. The number of nitrogens with zero attached hydrogens (tertiary/aromatic N) is 3. The first-order valence-corrected chi connectivity index (χ1v) is 5.56. The number of nitrogen functional groups attached to an aromatic ring is 1. The van der Waals surface area contributed by atoms with Crippen LogP contribution in [-0.2, 0) is 11.3 Å². The van der Waals surface area contributed by atoms with Crippen molar-refractivity contribution >= 4 is 17.4 Å². The third-order valence-electron chi connectivity index (χ3n) is 2.18. The first-order valence-electron chi connectivity index (χ1n) is 5.18. The Hall–Kier alpha value is -1.76. The van der Waals surface area contributed by atoms with E-state index in [9.17, 15) is 0 Å². The maximum atomic E-state index is 5.78. The molecule has 2 rings (SSSR count). The van der Waals surface area contributed by atoms with Crippen molar-refractivity contribution in [2.24, 2.45) is 5.84 Å². The fourth-order valence-corrected chi connectivity index (χ4v) is 1.53. The predicted octanol–water partition coefficient (Wildman–Crippen LogP) is 1.62. The van der Waals surface area contributed by atoms with Crippen molar-refractivity contribution < 1.29 is 4.74 Å². The Labute approximate surface area is 109 Å². The number of anilines is 1. The summed E-state index contributed by atoms with van der Waals surface area (Å²) in [6, 6.07) is 5.18. The van der Waals surface area contributed by atoms with Crippen LogP contribution in [0.15, 0.2) is 24.4 Å². The van der Waals surface area contributed by atoms with Gasteiger partial charge in [-0.15, -0.1) is 0 Å². The number of methoxy groups -OCH3 is 1. The standard InChI is InChI=1S/C11H12ClN5O/c1-18-6-8-4-10(17-13)16-11(15-8)9-3-2-7(12)5-14-9/h2-5H,6,13H2,1H3,(H,15,16,17). The molecule has 0 aromatic carbocycles. The lowest BCUT2D eigenvalue weighted by molar-refractivity contribution is 0.181. The van der Waals surface area contributed by atoms with Gasteiger partial charge in [0.05, 0.1) is 17.3 Å². The van der Waals surface area contributed by atoms with E-state index in [4.69, 9.17) is 22.2 Å². The summed E-state index contributed by atoms with van der Waals surface area (Å²) in [5, 5.41) is 0.559. The minimum absolute atomic E-state index is 0.373. The largest absolute Gasteiger partial charge is 0.378 e. The molecule has 2 aromatic heterocycles. The van der Waals surface area contributed by atoms with Crippen LogP contribution < -0.4 is 11.3 Å². The van der Waals surface area contributed by atoms with E-state index in [2.05, 4.69) is 20.4 Å². The van der Waals surface area contributed by atoms with Crippen LogP contribution in [0.25, 0.3) is 11.5 Å². The second-order valence-corrected chi connectivity index (χ2v) is 3.94. The fraction of sp³-hybridized carbons (Fsp3) is 0.182. The van der Waals surface area contributed by atoms with Gasteiger partial charge in [0.1, 0.15) is 11.5 Å². The Kier molecular flexibility index (Phi) is 4.03. The molecule has 0 radical (unpaired) electrons. The van der Waals surface area contributed by atoms with Crippen LogP contribution in [0.5, 0.6) is 0 Å². The molecule has 94 valence electrons. The van der Waals surface area contributed by atoms with E-state index in [0.717, 1.165) is 0 Å². The van der Waals surface area contributed by atoms with Crippen LogP contribution in [0.3, 0.4) is 0 Å². The molecule has 0 aliphatic heterocycles. The molecule has 0 saturated heterocycles. The van der Waals surface area contributed by atoms with E-state index in [-0.39, 0.29) is 0 Å². The van der Waals surface area contributed by atoms with Gasteiger partial charge >= 0.3 is 0 Å². The predicted molar refractivity (Wildman–Crippen MR) is 68.8 cm³/mol. The van der Waals surface area contributed by atoms with Crippen molar-refractivity contribution in [2.45, 2.75) is 6.61 Å². The summed E-state index contributed by atoms with van der Waals surface area (Å²) in [6.07, 6.45) is 1.54. The lowest BCUT2D eigenvalue weighted by atomic mass is 10.3. The SMILES string of the molecule is COCc1cc(NN)nc(-c2ccc(Cl)cn2)n1. The minimum Gasteiger partial charge on any atom is -0.378 e. The van der Waals surface area contributed by atoms with Crippen LogP contribution in [0.4, 0.5) is 5.82 Å². The summed E-state index contributed by atoms with van der Waals surface area (Å²) in [4.78, 5) is 12.7. The highest BCUT2D eigenvalue weighted by Crippen LogP contribution is 2.17. The Bertz CT molecular complexity index is 531. The van der Waals surface area contributed by atoms with Crippen molar-refractivity contribution in [1.82, 2.24) is 15.0 Å². The molecule has 0 aliphatic carbocycles.